The smallest absolute Gasteiger partial charge is 0.340 e. The zero-order chi connectivity index (χ0) is 16.4. The highest BCUT2D eigenvalue weighted by Crippen LogP contribution is 2.21. The molecule has 0 amide bonds. The summed E-state index contributed by atoms with van der Waals surface area (Å²) in [5.74, 6) is -0.778. The highest BCUT2D eigenvalue weighted by atomic mass is 35.5. The molecule has 0 spiro atoms. The van der Waals surface area contributed by atoms with Crippen LogP contribution < -0.4 is 0 Å². The van der Waals surface area contributed by atoms with E-state index in [1.165, 1.54) is 0 Å². The Morgan fingerprint density at radius 3 is 2.52 bits per heavy atom. The van der Waals surface area contributed by atoms with Gasteiger partial charge in [-0.3, -0.25) is 4.79 Å². The Kier molecular flexibility index (Phi) is 4.17. The van der Waals surface area contributed by atoms with E-state index in [9.17, 15) is 9.59 Å². The predicted octanol–water partition coefficient (Wildman–Crippen LogP) is 3.87. The first kappa shape index (κ1) is 15.3. The van der Waals surface area contributed by atoms with Gasteiger partial charge in [0.05, 0.1) is 5.56 Å². The van der Waals surface area contributed by atoms with E-state index in [0.717, 1.165) is 10.9 Å². The number of benzene rings is 2. The first-order valence-corrected chi connectivity index (χ1v) is 7.44. The lowest BCUT2D eigenvalue weighted by Gasteiger charge is -2.04. The van der Waals surface area contributed by atoms with E-state index >= 15 is 0 Å². The largest absolute Gasteiger partial charge is 0.454 e. The van der Waals surface area contributed by atoms with E-state index in [2.05, 4.69) is 0 Å². The van der Waals surface area contributed by atoms with Gasteiger partial charge in [-0.2, -0.15) is 0 Å². The Balaban J connectivity index is 1.74. The number of nitrogens with zero attached hydrogens (tertiary/aromatic N) is 1. The number of aryl methyl sites for hydroxylation is 1. The molecule has 2 aromatic carbocycles. The normalized spacial score (nSPS) is 10.7. The fourth-order valence-electron chi connectivity index (χ4n) is 2.43. The number of ketones is 1. The lowest BCUT2D eigenvalue weighted by molar-refractivity contribution is 0.0476. The van der Waals surface area contributed by atoms with E-state index in [0.29, 0.717) is 16.1 Å². The molecule has 0 bridgehead atoms. The second-order valence-corrected chi connectivity index (χ2v) is 5.61. The average molecular weight is 328 g/mol. The number of carbonyl (C=O) groups is 2. The molecule has 4 nitrogen and oxygen atoms in total. The molecule has 1 heterocycles. The zero-order valence-electron chi connectivity index (χ0n) is 12.5. The maximum atomic E-state index is 12.3. The molecular weight excluding hydrogens is 314 g/mol. The number of aromatic nitrogens is 1. The molecule has 23 heavy (non-hydrogen) atoms. The Labute approximate surface area is 138 Å². The molecule has 3 rings (SSSR count). The van der Waals surface area contributed by atoms with E-state index in [1.54, 1.807) is 30.5 Å². The molecule has 0 aliphatic heterocycles. The number of Topliss-reactive ketones (excluding diaryl/α,β-unsaturated/α-hetero) is 1. The topological polar surface area (TPSA) is 48.3 Å². The standard InChI is InChI=1S/C18H14ClNO3/c1-20-10-15(14-4-2-3-5-16(14)20)18(22)23-11-17(21)12-6-8-13(19)9-7-12/h2-10H,11H2,1H3. The van der Waals surface area contributed by atoms with E-state index in [4.69, 9.17) is 16.3 Å². The van der Waals surface area contributed by atoms with Gasteiger partial charge in [0.15, 0.2) is 12.4 Å². The lowest BCUT2D eigenvalue weighted by Crippen LogP contribution is -2.14. The van der Waals surface area contributed by atoms with Crippen molar-refractivity contribution in [3.05, 3.63) is 70.9 Å². The van der Waals surface area contributed by atoms with Crippen molar-refractivity contribution in [3.8, 4) is 0 Å². The van der Waals surface area contributed by atoms with Gasteiger partial charge in [0, 0.05) is 34.7 Å². The van der Waals surface area contributed by atoms with Crippen molar-refractivity contribution < 1.29 is 14.3 Å². The SMILES string of the molecule is Cn1cc(C(=O)OCC(=O)c2ccc(Cl)cc2)c2ccccc21. The summed E-state index contributed by atoms with van der Waals surface area (Å²) >= 11 is 5.78. The molecule has 0 saturated carbocycles. The van der Waals surface area contributed by atoms with Crippen molar-refractivity contribution in [3.63, 3.8) is 0 Å². The van der Waals surface area contributed by atoms with Gasteiger partial charge >= 0.3 is 5.97 Å². The number of rotatable bonds is 4. The summed E-state index contributed by atoms with van der Waals surface area (Å²) in [5.41, 5.74) is 1.84. The van der Waals surface area contributed by atoms with E-state index < -0.39 is 5.97 Å². The first-order valence-electron chi connectivity index (χ1n) is 7.06. The summed E-state index contributed by atoms with van der Waals surface area (Å²) in [6, 6.07) is 14.0. The summed E-state index contributed by atoms with van der Waals surface area (Å²) < 4.78 is 7.02. The fraction of sp³-hybridized carbons (Fsp3) is 0.111. The minimum Gasteiger partial charge on any atom is -0.454 e. The Morgan fingerprint density at radius 2 is 1.78 bits per heavy atom. The lowest BCUT2D eigenvalue weighted by atomic mass is 10.1. The second kappa shape index (κ2) is 6.26. The van der Waals surface area contributed by atoms with Crippen LogP contribution in [-0.2, 0) is 11.8 Å². The van der Waals surface area contributed by atoms with Gasteiger partial charge in [0.25, 0.3) is 0 Å². The molecule has 5 heteroatoms. The summed E-state index contributed by atoms with van der Waals surface area (Å²) in [6.45, 7) is -0.302. The van der Waals surface area contributed by atoms with E-state index in [1.807, 2.05) is 35.9 Å². The van der Waals surface area contributed by atoms with Crippen LogP contribution in [0.2, 0.25) is 5.02 Å². The third-order valence-corrected chi connectivity index (χ3v) is 3.87. The molecule has 0 aliphatic rings. The van der Waals surface area contributed by atoms with Crippen molar-refractivity contribution >= 4 is 34.3 Å². The van der Waals surface area contributed by atoms with Gasteiger partial charge < -0.3 is 9.30 Å². The fourth-order valence-corrected chi connectivity index (χ4v) is 2.56. The van der Waals surface area contributed by atoms with Crippen LogP contribution in [0, 0.1) is 0 Å². The monoisotopic (exact) mass is 327 g/mol. The van der Waals surface area contributed by atoms with Crippen LogP contribution in [0.4, 0.5) is 0 Å². The molecule has 1 aromatic heterocycles. The van der Waals surface area contributed by atoms with Crippen LogP contribution in [-0.4, -0.2) is 22.9 Å². The number of ether oxygens (including phenoxy) is 1. The quantitative estimate of drug-likeness (QED) is 0.540. The average Bonchev–Trinajstić information content (AvgIpc) is 2.90. The predicted molar refractivity (Wildman–Crippen MR) is 89.0 cm³/mol. The molecule has 0 radical (unpaired) electrons. The molecule has 0 N–H and O–H groups in total. The summed E-state index contributed by atoms with van der Waals surface area (Å²) in [4.78, 5) is 24.3. The van der Waals surface area contributed by atoms with Crippen LogP contribution in [0.5, 0.6) is 0 Å². The van der Waals surface area contributed by atoms with Crippen LogP contribution in [0.3, 0.4) is 0 Å². The number of esters is 1. The van der Waals surface area contributed by atoms with E-state index in [-0.39, 0.29) is 12.4 Å². The van der Waals surface area contributed by atoms with Crippen molar-refractivity contribution in [2.24, 2.45) is 7.05 Å². The molecule has 0 aliphatic carbocycles. The third kappa shape index (κ3) is 3.12. The highest BCUT2D eigenvalue weighted by molar-refractivity contribution is 6.30. The highest BCUT2D eigenvalue weighted by Gasteiger charge is 2.16. The zero-order valence-corrected chi connectivity index (χ0v) is 13.2. The number of fused-ring (bicyclic) bond motifs is 1. The van der Waals surface area contributed by atoms with Gasteiger partial charge in [0.1, 0.15) is 0 Å². The van der Waals surface area contributed by atoms with Gasteiger partial charge in [-0.25, -0.2) is 4.79 Å². The number of hydrogen-bond donors (Lipinski definition) is 0. The van der Waals surface area contributed by atoms with Crippen LogP contribution in [0.15, 0.2) is 54.7 Å². The summed E-state index contributed by atoms with van der Waals surface area (Å²) in [7, 11) is 1.86. The maximum Gasteiger partial charge on any atom is 0.340 e. The molecule has 0 unspecified atom stereocenters. The van der Waals surface area contributed by atoms with Gasteiger partial charge in [-0.05, 0) is 30.3 Å². The molecule has 0 saturated heterocycles. The van der Waals surface area contributed by atoms with Crippen molar-refractivity contribution in [1.29, 1.82) is 0 Å². The molecule has 0 fully saturated rings. The number of carbonyl (C=O) groups excluding carboxylic acids is 2. The van der Waals surface area contributed by atoms with Crippen molar-refractivity contribution in [2.45, 2.75) is 0 Å². The Bertz CT molecular complexity index is 881. The van der Waals surface area contributed by atoms with Crippen LogP contribution in [0.1, 0.15) is 20.7 Å². The second-order valence-electron chi connectivity index (χ2n) is 5.18. The third-order valence-electron chi connectivity index (χ3n) is 3.62. The minimum atomic E-state index is -0.510. The molecule has 116 valence electrons. The molecule has 0 atom stereocenters. The van der Waals surface area contributed by atoms with Crippen molar-refractivity contribution in [2.75, 3.05) is 6.61 Å². The summed E-state index contributed by atoms with van der Waals surface area (Å²) in [5, 5.41) is 1.35. The first-order chi connectivity index (χ1) is 11.1. The molecule has 3 aromatic rings. The minimum absolute atomic E-state index is 0.268. The van der Waals surface area contributed by atoms with Gasteiger partial charge in [-0.1, -0.05) is 29.8 Å². The van der Waals surface area contributed by atoms with Gasteiger partial charge in [-0.15, -0.1) is 0 Å². The maximum absolute atomic E-state index is 12.3. The molecular formula is C18H14ClNO3. The number of hydrogen-bond acceptors (Lipinski definition) is 3. The number of halogens is 1. The van der Waals surface area contributed by atoms with Gasteiger partial charge in [0.2, 0.25) is 0 Å². The Morgan fingerprint density at radius 1 is 1.09 bits per heavy atom. The van der Waals surface area contributed by atoms with Crippen LogP contribution >= 0.6 is 11.6 Å². The number of para-hydroxylation sites is 1. The van der Waals surface area contributed by atoms with Crippen LogP contribution in [0.25, 0.3) is 10.9 Å². The summed E-state index contributed by atoms with van der Waals surface area (Å²) in [6.07, 6.45) is 1.71. The Hall–Kier alpha value is -2.59. The van der Waals surface area contributed by atoms with Crippen molar-refractivity contribution in [1.82, 2.24) is 4.57 Å².